The Labute approximate surface area is 186 Å². The predicted molar refractivity (Wildman–Crippen MR) is 110 cm³/mol. The van der Waals surface area contributed by atoms with Crippen LogP contribution < -0.4 is 5.32 Å². The van der Waals surface area contributed by atoms with Gasteiger partial charge in [0.25, 0.3) is 5.91 Å². The third kappa shape index (κ3) is 3.70. The molecular formula is C22H20F4N6O. The number of hydrogen-bond acceptors (Lipinski definition) is 5. The minimum Gasteiger partial charge on any atom is -0.363 e. The van der Waals surface area contributed by atoms with E-state index in [9.17, 15) is 22.4 Å². The number of alkyl halides is 3. The fraction of sp³-hybridized carbons (Fsp3) is 0.364. The zero-order valence-electron chi connectivity index (χ0n) is 17.5. The topological polar surface area (TPSA) is 75.9 Å². The first kappa shape index (κ1) is 21.4. The number of amides is 1. The third-order valence-electron chi connectivity index (χ3n) is 6.54. The Morgan fingerprint density at radius 3 is 2.55 bits per heavy atom. The highest BCUT2D eigenvalue weighted by atomic mass is 19.4. The lowest BCUT2D eigenvalue weighted by Crippen LogP contribution is -2.51. The van der Waals surface area contributed by atoms with E-state index in [4.69, 9.17) is 0 Å². The zero-order chi connectivity index (χ0) is 23.3. The van der Waals surface area contributed by atoms with E-state index in [1.807, 2.05) is 6.92 Å². The molecule has 2 aliphatic rings. The van der Waals surface area contributed by atoms with E-state index >= 15 is 0 Å². The van der Waals surface area contributed by atoms with Gasteiger partial charge in [-0.3, -0.25) is 4.79 Å². The van der Waals surface area contributed by atoms with E-state index in [2.05, 4.69) is 20.5 Å². The molecule has 1 aliphatic heterocycles. The second-order valence-electron chi connectivity index (χ2n) is 8.39. The molecule has 4 atom stereocenters. The molecule has 1 saturated carbocycles. The van der Waals surface area contributed by atoms with Crippen molar-refractivity contribution in [2.75, 3.05) is 5.32 Å². The number of pyridine rings is 1. The van der Waals surface area contributed by atoms with Crippen LogP contribution in [-0.4, -0.2) is 48.9 Å². The number of para-hydroxylation sites is 1. The first-order chi connectivity index (χ1) is 15.7. The summed E-state index contributed by atoms with van der Waals surface area (Å²) in [5.41, 5.74) is -0.166. The monoisotopic (exact) mass is 460 g/mol. The Kier molecular flexibility index (Phi) is 5.06. The summed E-state index contributed by atoms with van der Waals surface area (Å²) in [5, 5.41) is 11.2. The number of hydrogen-bond donors (Lipinski definition) is 1. The van der Waals surface area contributed by atoms with E-state index in [0.717, 1.165) is 6.42 Å². The average molecular weight is 460 g/mol. The van der Waals surface area contributed by atoms with Crippen LogP contribution in [0.5, 0.6) is 0 Å². The maximum Gasteiger partial charge on any atom is 0.417 e. The Balaban J connectivity index is 1.40. The van der Waals surface area contributed by atoms with Crippen LogP contribution in [0.1, 0.15) is 35.7 Å². The average Bonchev–Trinajstić information content (AvgIpc) is 3.51. The van der Waals surface area contributed by atoms with Crippen LogP contribution in [0.15, 0.2) is 48.9 Å². The van der Waals surface area contributed by atoms with Crippen LogP contribution in [0.4, 0.5) is 23.4 Å². The van der Waals surface area contributed by atoms with Crippen molar-refractivity contribution < 1.29 is 22.4 Å². The number of rotatable bonds is 4. The summed E-state index contributed by atoms with van der Waals surface area (Å²) in [6.07, 6.45) is 0.363. The molecule has 2 bridgehead atoms. The minimum atomic E-state index is -4.67. The van der Waals surface area contributed by atoms with Crippen molar-refractivity contribution in [3.05, 3.63) is 65.9 Å². The molecule has 3 heterocycles. The number of benzene rings is 1. The standard InChI is InChI=1S/C22H20F4N6O/c1-12-13-8-17(30-20-16(23)10-14(11-27-20)22(24,25)26)19(9-13)31(12)21(33)15-4-2-3-5-18(15)32-28-6-7-29-32/h2-7,10-13,17,19H,8-9H2,1H3,(H,27,30)/t12-,13+,17-,19+/m1/s1. The summed E-state index contributed by atoms with van der Waals surface area (Å²) in [6, 6.07) is 6.83. The predicted octanol–water partition coefficient (Wildman–Crippen LogP) is 3.92. The van der Waals surface area contributed by atoms with Gasteiger partial charge in [-0.25, -0.2) is 9.37 Å². The van der Waals surface area contributed by atoms with Crippen molar-refractivity contribution in [1.82, 2.24) is 24.9 Å². The third-order valence-corrected chi connectivity index (χ3v) is 6.54. The summed E-state index contributed by atoms with van der Waals surface area (Å²) in [4.78, 5) is 20.4. The van der Waals surface area contributed by atoms with Crippen molar-refractivity contribution in [1.29, 1.82) is 0 Å². The molecule has 1 aromatic carbocycles. The Morgan fingerprint density at radius 1 is 1.15 bits per heavy atom. The molecule has 33 heavy (non-hydrogen) atoms. The molecule has 1 amide bonds. The van der Waals surface area contributed by atoms with E-state index in [1.54, 1.807) is 29.2 Å². The van der Waals surface area contributed by atoms with Gasteiger partial charge in [-0.15, -0.1) is 0 Å². The van der Waals surface area contributed by atoms with Crippen LogP contribution in [0.2, 0.25) is 0 Å². The molecule has 172 valence electrons. The Morgan fingerprint density at radius 2 is 1.88 bits per heavy atom. The van der Waals surface area contributed by atoms with Crippen LogP contribution in [0.3, 0.4) is 0 Å². The first-order valence-electron chi connectivity index (χ1n) is 10.5. The highest BCUT2D eigenvalue weighted by Gasteiger charge is 2.52. The number of carbonyl (C=O) groups is 1. The summed E-state index contributed by atoms with van der Waals surface area (Å²) in [7, 11) is 0. The Bertz CT molecular complexity index is 1180. The van der Waals surface area contributed by atoms with Gasteiger partial charge in [0, 0.05) is 18.3 Å². The second kappa shape index (κ2) is 7.82. The van der Waals surface area contributed by atoms with Gasteiger partial charge in [0.2, 0.25) is 0 Å². The fourth-order valence-corrected chi connectivity index (χ4v) is 4.96. The Hall–Kier alpha value is -3.50. The maximum atomic E-state index is 14.4. The van der Waals surface area contributed by atoms with Gasteiger partial charge < -0.3 is 10.2 Å². The molecule has 1 saturated heterocycles. The van der Waals surface area contributed by atoms with Gasteiger partial charge in [-0.05, 0) is 43.9 Å². The van der Waals surface area contributed by atoms with E-state index in [-0.39, 0.29) is 35.8 Å². The lowest BCUT2D eigenvalue weighted by molar-refractivity contribution is -0.138. The van der Waals surface area contributed by atoms with Crippen molar-refractivity contribution >= 4 is 11.7 Å². The van der Waals surface area contributed by atoms with Crippen molar-refractivity contribution in [2.24, 2.45) is 5.92 Å². The molecular weight excluding hydrogens is 440 g/mol. The number of likely N-dealkylation sites (tertiary alicyclic amines) is 1. The maximum absolute atomic E-state index is 14.4. The fourth-order valence-electron chi connectivity index (χ4n) is 4.96. The summed E-state index contributed by atoms with van der Waals surface area (Å²) < 4.78 is 52.8. The summed E-state index contributed by atoms with van der Waals surface area (Å²) in [6.45, 7) is 1.98. The number of carbonyl (C=O) groups excluding carboxylic acids is 1. The van der Waals surface area contributed by atoms with Gasteiger partial charge in [0.15, 0.2) is 11.6 Å². The molecule has 1 aliphatic carbocycles. The van der Waals surface area contributed by atoms with E-state index in [0.29, 0.717) is 29.9 Å². The molecule has 1 N–H and O–H groups in total. The van der Waals surface area contributed by atoms with Gasteiger partial charge >= 0.3 is 6.18 Å². The lowest BCUT2D eigenvalue weighted by atomic mass is 9.96. The van der Waals surface area contributed by atoms with Crippen LogP contribution in [0, 0.1) is 11.7 Å². The number of anilines is 1. The quantitative estimate of drug-likeness (QED) is 0.598. The number of halogens is 4. The molecule has 0 unspecified atom stereocenters. The molecule has 2 aromatic heterocycles. The molecule has 7 nitrogen and oxygen atoms in total. The van der Waals surface area contributed by atoms with Gasteiger partial charge in [0.05, 0.1) is 35.2 Å². The van der Waals surface area contributed by atoms with Gasteiger partial charge in [-0.1, -0.05) is 12.1 Å². The van der Waals surface area contributed by atoms with Gasteiger partial charge in [-0.2, -0.15) is 28.2 Å². The van der Waals surface area contributed by atoms with E-state index in [1.165, 1.54) is 17.2 Å². The normalized spacial score (nSPS) is 24.3. The highest BCUT2D eigenvalue weighted by Crippen LogP contribution is 2.44. The number of aromatic nitrogens is 4. The number of piperidine rings is 1. The zero-order valence-corrected chi connectivity index (χ0v) is 17.5. The second-order valence-corrected chi connectivity index (χ2v) is 8.39. The van der Waals surface area contributed by atoms with Crippen LogP contribution in [-0.2, 0) is 6.18 Å². The largest absolute Gasteiger partial charge is 0.417 e. The SMILES string of the molecule is C[C@@H]1[C@H]2C[C@@H](Nc3ncc(C(F)(F)F)cc3F)[C@H](C2)N1C(=O)c1ccccc1-n1nccn1. The number of nitrogens with one attached hydrogen (secondary N) is 1. The molecule has 0 radical (unpaired) electrons. The first-order valence-corrected chi connectivity index (χ1v) is 10.5. The highest BCUT2D eigenvalue weighted by molar-refractivity contribution is 5.98. The molecule has 3 aromatic rings. The van der Waals surface area contributed by atoms with Crippen LogP contribution >= 0.6 is 0 Å². The van der Waals surface area contributed by atoms with Gasteiger partial charge in [0.1, 0.15) is 0 Å². The van der Waals surface area contributed by atoms with Crippen molar-refractivity contribution in [2.45, 2.75) is 44.1 Å². The number of nitrogens with zero attached hydrogens (tertiary/aromatic N) is 5. The van der Waals surface area contributed by atoms with Crippen molar-refractivity contribution in [3.63, 3.8) is 0 Å². The molecule has 5 rings (SSSR count). The summed E-state index contributed by atoms with van der Waals surface area (Å²) >= 11 is 0. The number of fused-ring (bicyclic) bond motifs is 2. The molecule has 2 fully saturated rings. The minimum absolute atomic E-state index is 0.0374. The lowest BCUT2D eigenvalue weighted by Gasteiger charge is -2.38. The smallest absolute Gasteiger partial charge is 0.363 e. The van der Waals surface area contributed by atoms with Crippen LogP contribution in [0.25, 0.3) is 5.69 Å². The molecule has 0 spiro atoms. The molecule has 11 heteroatoms. The van der Waals surface area contributed by atoms with Crippen molar-refractivity contribution in [3.8, 4) is 5.69 Å². The van der Waals surface area contributed by atoms with E-state index < -0.39 is 17.6 Å². The summed E-state index contributed by atoms with van der Waals surface area (Å²) in [5.74, 6) is -1.34.